The third-order valence-electron chi connectivity index (χ3n) is 9.95. The van der Waals surface area contributed by atoms with Gasteiger partial charge in [-0.05, 0) is 108 Å². The van der Waals surface area contributed by atoms with Crippen molar-refractivity contribution in [3.63, 3.8) is 0 Å². The Morgan fingerprint density at radius 2 is 1.00 bits per heavy atom. The van der Waals surface area contributed by atoms with Crippen LogP contribution in [0.3, 0.4) is 0 Å². The molecule has 0 N–H and O–H groups in total. The van der Waals surface area contributed by atoms with Crippen LogP contribution in [0.2, 0.25) is 0 Å². The summed E-state index contributed by atoms with van der Waals surface area (Å²) >= 11 is 0. The van der Waals surface area contributed by atoms with Crippen LogP contribution in [0.5, 0.6) is 0 Å². The molecular weight excluding hydrogens is 569 g/mol. The summed E-state index contributed by atoms with van der Waals surface area (Å²) in [5.41, 5.74) is 8.88. The fourth-order valence-electron chi connectivity index (χ4n) is 7.77. The topological polar surface area (TPSA) is 28.7 Å². The third-order valence-corrected chi connectivity index (χ3v) is 9.95. The maximum Gasteiger partial charge on any atom is 0.0991 e. The molecule has 0 spiro atoms. The van der Waals surface area contributed by atoms with Gasteiger partial charge in [0, 0.05) is 16.5 Å². The molecule has 0 bridgehead atoms. The van der Waals surface area contributed by atoms with Gasteiger partial charge in [-0.1, -0.05) is 115 Å². The maximum absolute atomic E-state index is 9.67. The molecule has 0 aliphatic rings. The van der Waals surface area contributed by atoms with Gasteiger partial charge < -0.3 is 4.57 Å². The Labute approximate surface area is 271 Å². The molecule has 47 heavy (non-hydrogen) atoms. The third kappa shape index (κ3) is 3.78. The lowest BCUT2D eigenvalue weighted by atomic mass is 9.87. The van der Waals surface area contributed by atoms with E-state index in [0.29, 0.717) is 5.56 Å². The van der Waals surface area contributed by atoms with E-state index < -0.39 is 0 Å². The number of rotatable bonds is 3. The number of hydrogen-bond donors (Lipinski definition) is 0. The van der Waals surface area contributed by atoms with Crippen molar-refractivity contribution >= 4 is 64.9 Å². The molecule has 0 unspecified atom stereocenters. The second kappa shape index (κ2) is 9.78. The Balaban J connectivity index is 1.23. The van der Waals surface area contributed by atoms with Gasteiger partial charge in [0.25, 0.3) is 0 Å². The standard InChI is InChI=1S/C45H26N2/c46-27-28-10-23-42-41(24-28)38-20-17-34(26-43(38)47(42)35-8-2-1-3-9-35)37-19-14-31-15-21-39-36(18-13-30-16-22-40(37)45(31)44(30)39)33-12-11-29-6-4-5-7-32(29)25-33/h1-26H. The maximum atomic E-state index is 9.67. The van der Waals surface area contributed by atoms with Gasteiger partial charge in [-0.2, -0.15) is 5.26 Å². The lowest BCUT2D eigenvalue weighted by molar-refractivity contribution is 1.18. The molecule has 2 nitrogen and oxygen atoms in total. The zero-order valence-corrected chi connectivity index (χ0v) is 25.4. The van der Waals surface area contributed by atoms with Gasteiger partial charge in [0.05, 0.1) is 22.7 Å². The Kier molecular flexibility index (Phi) is 5.38. The molecule has 10 aromatic rings. The van der Waals surface area contributed by atoms with E-state index in [1.54, 1.807) is 0 Å². The first-order chi connectivity index (χ1) is 23.2. The van der Waals surface area contributed by atoms with Crippen molar-refractivity contribution in [1.29, 1.82) is 5.26 Å². The number of nitriles is 1. The molecular formula is C45H26N2. The summed E-state index contributed by atoms with van der Waals surface area (Å²) < 4.78 is 2.32. The van der Waals surface area contributed by atoms with Gasteiger partial charge in [0.2, 0.25) is 0 Å². The molecule has 1 heterocycles. The fraction of sp³-hybridized carbons (Fsp3) is 0. The van der Waals surface area contributed by atoms with Gasteiger partial charge in [0.1, 0.15) is 0 Å². The summed E-state index contributed by atoms with van der Waals surface area (Å²) in [5.74, 6) is 0. The van der Waals surface area contributed by atoms with Crippen molar-refractivity contribution in [3.05, 3.63) is 163 Å². The number of para-hydroxylation sites is 1. The van der Waals surface area contributed by atoms with E-state index in [2.05, 4.69) is 150 Å². The van der Waals surface area contributed by atoms with Crippen LogP contribution in [0.1, 0.15) is 5.56 Å². The molecule has 1 aromatic heterocycles. The number of nitrogens with zero attached hydrogens (tertiary/aromatic N) is 2. The average molecular weight is 595 g/mol. The first kappa shape index (κ1) is 25.9. The van der Waals surface area contributed by atoms with Crippen LogP contribution < -0.4 is 0 Å². The van der Waals surface area contributed by atoms with E-state index in [1.807, 2.05) is 18.2 Å². The second-order valence-electron chi connectivity index (χ2n) is 12.5. The molecule has 0 radical (unpaired) electrons. The van der Waals surface area contributed by atoms with Crippen LogP contribution in [0.15, 0.2) is 158 Å². The SMILES string of the molecule is N#Cc1ccc2c(c1)c1ccc(-c3ccc4ccc5c(-c6ccc7ccccc7c6)ccc6ccc3c4c65)cc1n2-c1ccccc1. The van der Waals surface area contributed by atoms with Crippen LogP contribution >= 0.6 is 0 Å². The fourth-order valence-corrected chi connectivity index (χ4v) is 7.77. The normalized spacial score (nSPS) is 11.8. The smallest absolute Gasteiger partial charge is 0.0991 e. The monoisotopic (exact) mass is 594 g/mol. The summed E-state index contributed by atoms with van der Waals surface area (Å²) in [7, 11) is 0. The van der Waals surface area contributed by atoms with Gasteiger partial charge in [-0.25, -0.2) is 0 Å². The van der Waals surface area contributed by atoms with Crippen molar-refractivity contribution in [2.24, 2.45) is 0 Å². The molecule has 0 aliphatic carbocycles. The molecule has 0 saturated heterocycles. The van der Waals surface area contributed by atoms with E-state index in [1.165, 1.54) is 65.3 Å². The first-order valence-corrected chi connectivity index (χ1v) is 16.0. The van der Waals surface area contributed by atoms with Gasteiger partial charge >= 0.3 is 0 Å². The van der Waals surface area contributed by atoms with Crippen molar-refractivity contribution in [1.82, 2.24) is 4.57 Å². The minimum atomic E-state index is 0.670. The molecule has 0 atom stereocenters. The molecule has 2 heteroatoms. The van der Waals surface area contributed by atoms with Crippen LogP contribution in [0.25, 0.3) is 92.8 Å². The molecule has 0 fully saturated rings. The predicted octanol–water partition coefficient (Wildman–Crippen LogP) is 12.0. The van der Waals surface area contributed by atoms with Crippen molar-refractivity contribution < 1.29 is 0 Å². The Hall–Kier alpha value is -6.43. The molecule has 216 valence electrons. The summed E-state index contributed by atoms with van der Waals surface area (Å²) in [4.78, 5) is 0. The zero-order valence-electron chi connectivity index (χ0n) is 25.4. The number of benzene rings is 9. The van der Waals surface area contributed by atoms with E-state index in [9.17, 15) is 5.26 Å². The van der Waals surface area contributed by atoms with Gasteiger partial charge in [0.15, 0.2) is 0 Å². The van der Waals surface area contributed by atoms with Crippen LogP contribution in [0.4, 0.5) is 0 Å². The van der Waals surface area contributed by atoms with E-state index >= 15 is 0 Å². The highest BCUT2D eigenvalue weighted by molar-refractivity contribution is 6.28. The lowest BCUT2D eigenvalue weighted by Crippen LogP contribution is -1.94. The van der Waals surface area contributed by atoms with E-state index in [4.69, 9.17) is 0 Å². The van der Waals surface area contributed by atoms with Crippen molar-refractivity contribution in [2.45, 2.75) is 0 Å². The minimum absolute atomic E-state index is 0.670. The summed E-state index contributed by atoms with van der Waals surface area (Å²) in [6, 6.07) is 59.2. The first-order valence-electron chi connectivity index (χ1n) is 16.0. The lowest BCUT2D eigenvalue weighted by Gasteiger charge is -2.17. The minimum Gasteiger partial charge on any atom is -0.309 e. The molecule has 10 rings (SSSR count). The van der Waals surface area contributed by atoms with Crippen LogP contribution in [-0.2, 0) is 0 Å². The van der Waals surface area contributed by atoms with Crippen molar-refractivity contribution in [2.75, 3.05) is 0 Å². The summed E-state index contributed by atoms with van der Waals surface area (Å²) in [6.45, 7) is 0. The largest absolute Gasteiger partial charge is 0.309 e. The summed E-state index contributed by atoms with van der Waals surface area (Å²) in [6.07, 6.45) is 0. The highest BCUT2D eigenvalue weighted by Gasteiger charge is 2.18. The number of aromatic nitrogens is 1. The number of hydrogen-bond acceptors (Lipinski definition) is 1. The zero-order chi connectivity index (χ0) is 31.1. The summed E-state index contributed by atoms with van der Waals surface area (Å²) in [5, 5.41) is 22.1. The number of fused-ring (bicyclic) bond motifs is 4. The highest BCUT2D eigenvalue weighted by atomic mass is 15.0. The van der Waals surface area contributed by atoms with Crippen LogP contribution in [0, 0.1) is 11.3 Å². The Morgan fingerprint density at radius 3 is 1.72 bits per heavy atom. The quantitative estimate of drug-likeness (QED) is 0.187. The molecule has 9 aromatic carbocycles. The van der Waals surface area contributed by atoms with E-state index in [-0.39, 0.29) is 0 Å². The van der Waals surface area contributed by atoms with Gasteiger partial charge in [-0.3, -0.25) is 0 Å². The van der Waals surface area contributed by atoms with E-state index in [0.717, 1.165) is 27.5 Å². The predicted molar refractivity (Wildman–Crippen MR) is 198 cm³/mol. The van der Waals surface area contributed by atoms with Gasteiger partial charge in [-0.15, -0.1) is 0 Å². The second-order valence-corrected chi connectivity index (χ2v) is 12.5. The molecule has 0 saturated carbocycles. The van der Waals surface area contributed by atoms with Crippen molar-refractivity contribution in [3.8, 4) is 34.0 Å². The molecule has 0 amide bonds. The van der Waals surface area contributed by atoms with Crippen LogP contribution in [-0.4, -0.2) is 4.57 Å². The Morgan fingerprint density at radius 1 is 0.404 bits per heavy atom. The molecule has 0 aliphatic heterocycles. The Bertz CT molecular complexity index is 2900. The highest BCUT2D eigenvalue weighted by Crippen LogP contribution is 2.43. The average Bonchev–Trinajstić information content (AvgIpc) is 3.46.